The van der Waals surface area contributed by atoms with Crippen LogP contribution in [0, 0.1) is 0 Å². The molecule has 24 heavy (non-hydrogen) atoms. The number of aromatic hydroxyl groups is 1. The fourth-order valence-electron chi connectivity index (χ4n) is 1.82. The fourth-order valence-corrected chi connectivity index (χ4v) is 1.82. The summed E-state index contributed by atoms with van der Waals surface area (Å²) in [6.07, 6.45) is 0. The molecule has 0 bridgehead atoms. The zero-order chi connectivity index (χ0) is 17.4. The molecule has 3 N–H and O–H groups in total. The summed E-state index contributed by atoms with van der Waals surface area (Å²) >= 11 is 0. The summed E-state index contributed by atoms with van der Waals surface area (Å²) in [6.45, 7) is 0.119. The first kappa shape index (κ1) is 17.5. The lowest BCUT2D eigenvalue weighted by molar-refractivity contribution is -0.133. The predicted octanol–water partition coefficient (Wildman–Crippen LogP) is 1.33. The highest BCUT2D eigenvalue weighted by atomic mass is 16.5. The van der Waals surface area contributed by atoms with Crippen molar-refractivity contribution in [3.8, 4) is 11.5 Å². The minimum absolute atomic E-state index is 0.0168. The number of phenolic OH excluding ortho intramolecular Hbond substituents is 1. The zero-order valence-corrected chi connectivity index (χ0v) is 12.9. The molecule has 0 atom stereocenters. The fraction of sp³-hybridized carbons (Fsp3) is 0.176. The average Bonchev–Trinajstić information content (AvgIpc) is 2.61. The molecule has 126 valence electrons. The van der Waals surface area contributed by atoms with Gasteiger partial charge in [-0.25, -0.2) is 10.9 Å². The SMILES string of the molecule is NN(C(=O)COCCOc1ccccc1)C(=O)c1ccc(O)cc1. The van der Waals surface area contributed by atoms with Crippen molar-refractivity contribution in [3.63, 3.8) is 0 Å². The molecular weight excluding hydrogens is 312 g/mol. The van der Waals surface area contributed by atoms with Gasteiger partial charge in [-0.3, -0.25) is 9.59 Å². The van der Waals surface area contributed by atoms with E-state index in [1.165, 1.54) is 24.3 Å². The number of ether oxygens (including phenoxy) is 2. The second-order valence-corrected chi connectivity index (χ2v) is 4.83. The molecule has 0 spiro atoms. The van der Waals surface area contributed by atoms with Crippen LogP contribution >= 0.6 is 0 Å². The number of carbonyl (C=O) groups excluding carboxylic acids is 2. The summed E-state index contributed by atoms with van der Waals surface area (Å²) in [5.74, 6) is 4.87. The number of carbonyl (C=O) groups is 2. The molecular formula is C17H18N2O5. The Hall–Kier alpha value is -2.90. The van der Waals surface area contributed by atoms with Gasteiger partial charge in [0, 0.05) is 5.56 Å². The molecule has 2 amide bonds. The molecule has 7 nitrogen and oxygen atoms in total. The number of nitrogens with zero attached hydrogens (tertiary/aromatic N) is 1. The number of rotatable bonds is 7. The molecule has 0 heterocycles. The molecule has 7 heteroatoms. The van der Waals surface area contributed by atoms with E-state index < -0.39 is 11.8 Å². The minimum atomic E-state index is -0.677. The Balaban J connectivity index is 1.71. The highest BCUT2D eigenvalue weighted by Gasteiger charge is 2.19. The molecule has 0 unspecified atom stereocenters. The summed E-state index contributed by atoms with van der Waals surface area (Å²) in [4.78, 5) is 23.8. The summed E-state index contributed by atoms with van der Waals surface area (Å²) in [5.41, 5.74) is 0.191. The van der Waals surface area contributed by atoms with Crippen molar-refractivity contribution in [1.82, 2.24) is 5.01 Å². The van der Waals surface area contributed by atoms with Gasteiger partial charge in [0.15, 0.2) is 0 Å². The lowest BCUT2D eigenvalue weighted by Gasteiger charge is -2.15. The van der Waals surface area contributed by atoms with Crippen LogP contribution in [0.3, 0.4) is 0 Å². The summed E-state index contributed by atoms with van der Waals surface area (Å²) in [6, 6.07) is 14.6. The van der Waals surface area contributed by atoms with Crippen LogP contribution in [-0.2, 0) is 9.53 Å². The van der Waals surface area contributed by atoms with E-state index in [1.807, 2.05) is 30.3 Å². The average molecular weight is 330 g/mol. The summed E-state index contributed by atoms with van der Waals surface area (Å²) in [5, 5.41) is 9.67. The maximum atomic E-state index is 12.0. The largest absolute Gasteiger partial charge is 0.508 e. The smallest absolute Gasteiger partial charge is 0.274 e. The van der Waals surface area contributed by atoms with Crippen molar-refractivity contribution in [1.29, 1.82) is 0 Å². The Morgan fingerprint density at radius 3 is 2.33 bits per heavy atom. The van der Waals surface area contributed by atoms with Crippen molar-refractivity contribution in [2.75, 3.05) is 19.8 Å². The predicted molar refractivity (Wildman–Crippen MR) is 86.2 cm³/mol. The van der Waals surface area contributed by atoms with Crippen LogP contribution < -0.4 is 10.6 Å². The second-order valence-electron chi connectivity index (χ2n) is 4.83. The van der Waals surface area contributed by atoms with E-state index in [2.05, 4.69) is 0 Å². The van der Waals surface area contributed by atoms with Gasteiger partial charge in [-0.05, 0) is 36.4 Å². The number of para-hydroxylation sites is 1. The Morgan fingerprint density at radius 1 is 1.00 bits per heavy atom. The van der Waals surface area contributed by atoms with Crippen molar-refractivity contribution < 1.29 is 24.2 Å². The third kappa shape index (κ3) is 5.08. The number of phenols is 1. The molecule has 0 saturated carbocycles. The van der Waals surface area contributed by atoms with E-state index in [0.717, 1.165) is 0 Å². The number of hydrazine groups is 1. The molecule has 0 radical (unpaired) electrons. The molecule has 0 aliphatic heterocycles. The molecule has 0 aromatic heterocycles. The van der Waals surface area contributed by atoms with Crippen molar-refractivity contribution >= 4 is 11.8 Å². The van der Waals surface area contributed by atoms with Gasteiger partial charge in [-0.15, -0.1) is 0 Å². The van der Waals surface area contributed by atoms with E-state index in [1.54, 1.807) is 0 Å². The van der Waals surface area contributed by atoms with Crippen LogP contribution in [0.25, 0.3) is 0 Å². The monoisotopic (exact) mass is 330 g/mol. The molecule has 0 aliphatic rings. The van der Waals surface area contributed by atoms with E-state index in [4.69, 9.17) is 15.3 Å². The second kappa shape index (κ2) is 8.66. The maximum absolute atomic E-state index is 12.0. The van der Waals surface area contributed by atoms with E-state index >= 15 is 0 Å². The maximum Gasteiger partial charge on any atom is 0.274 e. The lowest BCUT2D eigenvalue weighted by Crippen LogP contribution is -2.44. The number of benzene rings is 2. The number of nitrogens with two attached hydrogens (primary N) is 1. The van der Waals surface area contributed by atoms with Crippen LogP contribution in [0.4, 0.5) is 0 Å². The van der Waals surface area contributed by atoms with Gasteiger partial charge in [0.2, 0.25) is 0 Å². The first-order valence-electron chi connectivity index (χ1n) is 7.24. The first-order valence-corrected chi connectivity index (χ1v) is 7.24. The van der Waals surface area contributed by atoms with Crippen LogP contribution in [0.5, 0.6) is 11.5 Å². The van der Waals surface area contributed by atoms with E-state index in [-0.39, 0.29) is 31.1 Å². The van der Waals surface area contributed by atoms with Gasteiger partial charge < -0.3 is 14.6 Å². The highest BCUT2D eigenvalue weighted by Crippen LogP contribution is 2.11. The van der Waals surface area contributed by atoms with Gasteiger partial charge in [-0.2, -0.15) is 0 Å². The van der Waals surface area contributed by atoms with E-state index in [0.29, 0.717) is 10.8 Å². The van der Waals surface area contributed by atoms with Crippen molar-refractivity contribution in [2.24, 2.45) is 5.84 Å². The Morgan fingerprint density at radius 2 is 1.67 bits per heavy atom. The third-order valence-electron chi connectivity index (χ3n) is 3.07. The number of hydrogen-bond acceptors (Lipinski definition) is 6. The van der Waals surface area contributed by atoms with Crippen LogP contribution in [0.15, 0.2) is 54.6 Å². The Kier molecular flexibility index (Phi) is 6.30. The quantitative estimate of drug-likeness (QED) is 0.344. The van der Waals surface area contributed by atoms with Crippen molar-refractivity contribution in [3.05, 3.63) is 60.2 Å². The Labute approximate surface area is 139 Å². The highest BCUT2D eigenvalue weighted by molar-refractivity contribution is 6.04. The first-order chi connectivity index (χ1) is 11.6. The molecule has 2 aromatic carbocycles. The molecule has 2 rings (SSSR count). The van der Waals surface area contributed by atoms with Gasteiger partial charge in [0.25, 0.3) is 11.8 Å². The number of imide groups is 1. The topological polar surface area (TPSA) is 102 Å². The van der Waals surface area contributed by atoms with Crippen LogP contribution in [0.2, 0.25) is 0 Å². The van der Waals surface area contributed by atoms with Gasteiger partial charge in [0.05, 0.1) is 6.61 Å². The molecule has 0 aliphatic carbocycles. The van der Waals surface area contributed by atoms with Gasteiger partial charge in [0.1, 0.15) is 24.7 Å². The number of hydrogen-bond donors (Lipinski definition) is 2. The molecule has 2 aromatic rings. The van der Waals surface area contributed by atoms with Crippen LogP contribution in [-0.4, -0.2) is 41.8 Å². The van der Waals surface area contributed by atoms with Gasteiger partial charge >= 0.3 is 0 Å². The van der Waals surface area contributed by atoms with Crippen LogP contribution in [0.1, 0.15) is 10.4 Å². The van der Waals surface area contributed by atoms with E-state index in [9.17, 15) is 14.7 Å². The lowest BCUT2D eigenvalue weighted by atomic mass is 10.2. The third-order valence-corrected chi connectivity index (χ3v) is 3.07. The Bertz CT molecular complexity index is 673. The summed E-state index contributed by atoms with van der Waals surface area (Å²) in [7, 11) is 0. The standard InChI is InChI=1S/C17H18N2O5/c18-19(17(22)13-6-8-14(20)9-7-13)16(21)12-23-10-11-24-15-4-2-1-3-5-15/h1-9,20H,10-12,18H2. The zero-order valence-electron chi connectivity index (χ0n) is 12.9. The van der Waals surface area contributed by atoms with Crippen molar-refractivity contribution in [2.45, 2.75) is 0 Å². The molecule has 0 fully saturated rings. The normalized spacial score (nSPS) is 10.2. The number of amides is 2. The summed E-state index contributed by atoms with van der Waals surface area (Å²) < 4.78 is 10.6. The minimum Gasteiger partial charge on any atom is -0.508 e. The molecule has 0 saturated heterocycles. The van der Waals surface area contributed by atoms with Gasteiger partial charge in [-0.1, -0.05) is 18.2 Å².